The molecule has 1 saturated heterocycles. The van der Waals surface area contributed by atoms with Crippen LogP contribution in [0.25, 0.3) is 0 Å². The van der Waals surface area contributed by atoms with E-state index in [-0.39, 0.29) is 6.61 Å². The molecule has 5 N–H and O–H groups in total. The Labute approximate surface area is 166 Å². The molecule has 1 aliphatic heterocycles. The minimum absolute atomic E-state index is 0.190. The van der Waals surface area contributed by atoms with Gasteiger partial charge in [0.05, 0.1) is 18.0 Å². The predicted octanol–water partition coefficient (Wildman–Crippen LogP) is 2.09. The summed E-state index contributed by atoms with van der Waals surface area (Å²) in [5.74, 6) is 1.71. The molecule has 1 unspecified atom stereocenters. The van der Waals surface area contributed by atoms with Gasteiger partial charge in [0, 0.05) is 18.8 Å². The summed E-state index contributed by atoms with van der Waals surface area (Å²) in [4.78, 5) is 6.44. The number of aliphatic hydroxyl groups is 1. The van der Waals surface area contributed by atoms with Crippen molar-refractivity contribution in [2.45, 2.75) is 25.9 Å². The molecule has 0 aliphatic carbocycles. The number of aliphatic hydroxyl groups excluding tert-OH is 1. The highest BCUT2D eigenvalue weighted by Gasteiger charge is 2.22. The Kier molecular flexibility index (Phi) is 6.95. The minimum atomic E-state index is -0.580. The van der Waals surface area contributed by atoms with Crippen LogP contribution in [0.2, 0.25) is 0 Å². The maximum Gasteiger partial charge on any atom is 0.213 e. The number of piperidine rings is 1. The average Bonchev–Trinajstić information content (AvgIpc) is 2.72. The predicted molar refractivity (Wildman–Crippen MR) is 110 cm³/mol. The van der Waals surface area contributed by atoms with Crippen molar-refractivity contribution in [3.8, 4) is 11.6 Å². The molecule has 28 heavy (non-hydrogen) atoms. The number of benzene rings is 1. The van der Waals surface area contributed by atoms with Crippen LogP contribution in [0, 0.1) is 12.8 Å². The molecule has 1 aromatic heterocycles. The van der Waals surface area contributed by atoms with Crippen molar-refractivity contribution >= 4 is 11.4 Å². The summed E-state index contributed by atoms with van der Waals surface area (Å²) in [6, 6.07) is 9.33. The molecule has 0 radical (unpaired) electrons. The van der Waals surface area contributed by atoms with Gasteiger partial charge in [-0.1, -0.05) is 12.1 Å². The number of nitrogens with two attached hydrogens (primary N) is 2. The van der Waals surface area contributed by atoms with Crippen molar-refractivity contribution < 1.29 is 14.6 Å². The molecule has 7 heteroatoms. The molecule has 7 nitrogen and oxygen atoms in total. The van der Waals surface area contributed by atoms with Crippen LogP contribution < -0.4 is 20.9 Å². The number of β-amino-alcohol motifs (C(OH)–C–C–N with tert-alkyl or cyclic N) is 1. The first kappa shape index (κ1) is 20.2. The Balaban J connectivity index is 1.37. The van der Waals surface area contributed by atoms with Gasteiger partial charge in [0.1, 0.15) is 18.5 Å². The summed E-state index contributed by atoms with van der Waals surface area (Å²) in [5.41, 5.74) is 13.8. The van der Waals surface area contributed by atoms with Crippen LogP contribution in [0.4, 0.5) is 11.4 Å². The van der Waals surface area contributed by atoms with E-state index in [1.54, 1.807) is 12.3 Å². The number of ether oxygens (including phenoxy) is 2. The number of nitrogen functional groups attached to an aromatic ring is 2. The van der Waals surface area contributed by atoms with Gasteiger partial charge in [0.25, 0.3) is 0 Å². The van der Waals surface area contributed by atoms with Crippen molar-refractivity contribution in [1.29, 1.82) is 0 Å². The number of pyridine rings is 1. The van der Waals surface area contributed by atoms with E-state index < -0.39 is 6.10 Å². The Morgan fingerprint density at radius 3 is 2.64 bits per heavy atom. The highest BCUT2D eigenvalue weighted by Crippen LogP contribution is 2.30. The number of hydrogen-bond acceptors (Lipinski definition) is 7. The summed E-state index contributed by atoms with van der Waals surface area (Å²) in [6.07, 6.45) is 3.24. The van der Waals surface area contributed by atoms with E-state index in [4.69, 9.17) is 20.9 Å². The molecular formula is C21H30N4O3. The second-order valence-corrected chi connectivity index (χ2v) is 7.40. The number of hydrogen-bond donors (Lipinski definition) is 3. The van der Waals surface area contributed by atoms with E-state index in [1.165, 1.54) is 0 Å². The van der Waals surface area contributed by atoms with Crippen LogP contribution in [0.3, 0.4) is 0 Å². The average molecular weight is 386 g/mol. The second-order valence-electron chi connectivity index (χ2n) is 7.40. The topological polar surface area (TPSA) is 107 Å². The SMILES string of the molecule is Cc1ccc(OCC(O)CN2CCC(COc3ccccn3)CC2)c(N)c1N. The molecule has 1 fully saturated rings. The maximum absolute atomic E-state index is 10.3. The largest absolute Gasteiger partial charge is 0.489 e. The molecule has 0 bridgehead atoms. The zero-order valence-corrected chi connectivity index (χ0v) is 16.4. The quantitative estimate of drug-likeness (QED) is 0.596. The van der Waals surface area contributed by atoms with Gasteiger partial charge >= 0.3 is 0 Å². The highest BCUT2D eigenvalue weighted by molar-refractivity contribution is 5.73. The van der Waals surface area contributed by atoms with Crippen LogP contribution >= 0.6 is 0 Å². The Hall–Kier alpha value is -2.51. The van der Waals surface area contributed by atoms with E-state index in [0.29, 0.717) is 42.1 Å². The molecular weight excluding hydrogens is 356 g/mol. The summed E-state index contributed by atoms with van der Waals surface area (Å²) in [6.45, 7) is 5.23. The molecule has 1 aromatic carbocycles. The van der Waals surface area contributed by atoms with Crippen molar-refractivity contribution in [1.82, 2.24) is 9.88 Å². The molecule has 1 atom stereocenters. The van der Waals surface area contributed by atoms with Gasteiger partial charge in [-0.15, -0.1) is 0 Å². The van der Waals surface area contributed by atoms with E-state index >= 15 is 0 Å². The van der Waals surface area contributed by atoms with Crippen molar-refractivity contribution in [2.75, 3.05) is 44.3 Å². The first-order valence-corrected chi connectivity index (χ1v) is 9.74. The van der Waals surface area contributed by atoms with E-state index in [2.05, 4.69) is 9.88 Å². The molecule has 1 aliphatic rings. The second kappa shape index (κ2) is 9.61. The number of likely N-dealkylation sites (tertiary alicyclic amines) is 1. The summed E-state index contributed by atoms with van der Waals surface area (Å²) in [5, 5.41) is 10.3. The first-order valence-electron chi connectivity index (χ1n) is 9.74. The van der Waals surface area contributed by atoms with E-state index in [1.807, 2.05) is 31.2 Å². The normalized spacial score (nSPS) is 16.6. The lowest BCUT2D eigenvalue weighted by molar-refractivity contribution is 0.0503. The lowest BCUT2D eigenvalue weighted by Crippen LogP contribution is -2.41. The number of rotatable bonds is 8. The Morgan fingerprint density at radius 1 is 1.14 bits per heavy atom. The van der Waals surface area contributed by atoms with Crippen LogP contribution in [-0.4, -0.2) is 53.9 Å². The molecule has 0 saturated carbocycles. The molecule has 0 amide bonds. The van der Waals surface area contributed by atoms with Crippen LogP contribution in [0.1, 0.15) is 18.4 Å². The lowest BCUT2D eigenvalue weighted by Gasteiger charge is -2.32. The fourth-order valence-corrected chi connectivity index (χ4v) is 3.36. The smallest absolute Gasteiger partial charge is 0.213 e. The van der Waals surface area contributed by atoms with Crippen LogP contribution in [0.15, 0.2) is 36.5 Å². The highest BCUT2D eigenvalue weighted by atomic mass is 16.5. The number of aryl methyl sites for hydroxylation is 1. The zero-order valence-electron chi connectivity index (χ0n) is 16.4. The standard InChI is InChI=1S/C21H30N4O3/c1-15-5-6-18(21(23)20(15)22)27-14-17(26)12-25-10-7-16(8-11-25)13-28-19-4-2-3-9-24-19/h2-6,9,16-17,26H,7-8,10-14,22-23H2,1H3. The summed E-state index contributed by atoms with van der Waals surface area (Å²) in [7, 11) is 0. The van der Waals surface area contributed by atoms with Gasteiger partial charge in [0.15, 0.2) is 0 Å². The Bertz CT molecular complexity index is 749. The zero-order chi connectivity index (χ0) is 19.9. The molecule has 2 heterocycles. The van der Waals surface area contributed by atoms with Crippen molar-refractivity contribution in [3.63, 3.8) is 0 Å². The molecule has 3 rings (SSSR count). The Morgan fingerprint density at radius 2 is 1.93 bits per heavy atom. The summed E-state index contributed by atoms with van der Waals surface area (Å²) >= 11 is 0. The van der Waals surface area contributed by atoms with Gasteiger partial charge in [-0.05, 0) is 56.5 Å². The van der Waals surface area contributed by atoms with Crippen LogP contribution in [0.5, 0.6) is 11.6 Å². The molecule has 2 aromatic rings. The minimum Gasteiger partial charge on any atom is -0.489 e. The van der Waals surface area contributed by atoms with Gasteiger partial charge in [-0.2, -0.15) is 0 Å². The number of aromatic nitrogens is 1. The van der Waals surface area contributed by atoms with E-state index in [0.717, 1.165) is 31.5 Å². The fraction of sp³-hybridized carbons (Fsp3) is 0.476. The van der Waals surface area contributed by atoms with Crippen LogP contribution in [-0.2, 0) is 0 Å². The summed E-state index contributed by atoms with van der Waals surface area (Å²) < 4.78 is 11.4. The third kappa shape index (κ3) is 5.50. The van der Waals surface area contributed by atoms with Gasteiger partial charge in [-0.25, -0.2) is 4.98 Å². The first-order chi connectivity index (χ1) is 13.5. The monoisotopic (exact) mass is 386 g/mol. The van der Waals surface area contributed by atoms with Gasteiger partial charge in [-0.3, -0.25) is 0 Å². The molecule has 0 spiro atoms. The molecule has 152 valence electrons. The fourth-order valence-electron chi connectivity index (χ4n) is 3.36. The third-order valence-electron chi connectivity index (χ3n) is 5.18. The number of anilines is 2. The van der Waals surface area contributed by atoms with E-state index in [9.17, 15) is 5.11 Å². The van der Waals surface area contributed by atoms with Gasteiger partial charge in [0.2, 0.25) is 5.88 Å². The third-order valence-corrected chi connectivity index (χ3v) is 5.18. The maximum atomic E-state index is 10.3. The lowest BCUT2D eigenvalue weighted by atomic mass is 9.97. The van der Waals surface area contributed by atoms with Crippen molar-refractivity contribution in [3.05, 3.63) is 42.1 Å². The van der Waals surface area contributed by atoms with Gasteiger partial charge < -0.3 is 30.9 Å². The van der Waals surface area contributed by atoms with Crippen molar-refractivity contribution in [2.24, 2.45) is 5.92 Å². The number of nitrogens with zero attached hydrogens (tertiary/aromatic N) is 2.